The molecule has 3 heterocycles. The number of aliphatic imine (C=N–C) groups is 1. The molecule has 0 radical (unpaired) electrons. The number of likely N-dealkylation sites (tertiary alicyclic amines) is 1. The molecule has 0 aliphatic carbocycles. The van der Waals surface area contributed by atoms with Gasteiger partial charge >= 0.3 is 11.9 Å². The molecule has 5 rings (SSSR count). The molecule has 1 saturated heterocycles. The van der Waals surface area contributed by atoms with E-state index in [-0.39, 0.29) is 30.3 Å². The molecule has 46 heavy (non-hydrogen) atoms. The standard InChI is InChI=1S/C35H41N3O7S/c1-6-43-33(40)26-13-10-16-37(19-26)30(39)18-27-21-46-35-36-23(4)31(34(41)45-22(2)3)32(38(27)35)25-14-15-28(29(17-25)42-5)44-20-24-11-8-7-9-12-24/h7-9,11-12,14-15,17,21-22,26,32H,6,10,13,16,18-20H2,1-5H3/t26-,32-/m1/s1. The van der Waals surface area contributed by atoms with Gasteiger partial charge in [-0.3, -0.25) is 9.59 Å². The fourth-order valence-corrected chi connectivity index (χ4v) is 6.82. The van der Waals surface area contributed by atoms with E-state index in [1.54, 1.807) is 39.7 Å². The predicted molar refractivity (Wildman–Crippen MR) is 176 cm³/mol. The van der Waals surface area contributed by atoms with E-state index in [1.807, 2.05) is 58.8 Å². The number of piperidine rings is 1. The van der Waals surface area contributed by atoms with E-state index in [1.165, 1.54) is 11.8 Å². The molecule has 2 aromatic carbocycles. The molecule has 0 saturated carbocycles. The zero-order valence-electron chi connectivity index (χ0n) is 27.0. The lowest BCUT2D eigenvalue weighted by molar-refractivity contribution is -0.151. The van der Waals surface area contributed by atoms with Gasteiger partial charge in [0.05, 0.1) is 49.5 Å². The van der Waals surface area contributed by atoms with Crippen molar-refractivity contribution in [1.82, 2.24) is 9.80 Å². The highest BCUT2D eigenvalue weighted by Gasteiger charge is 2.42. The fourth-order valence-electron chi connectivity index (χ4n) is 5.86. The number of nitrogens with zero attached hydrogens (tertiary/aromatic N) is 3. The number of methoxy groups -OCH3 is 1. The molecule has 244 valence electrons. The summed E-state index contributed by atoms with van der Waals surface area (Å²) in [6.45, 7) is 8.78. The van der Waals surface area contributed by atoms with Crippen LogP contribution in [0.2, 0.25) is 0 Å². The number of carbonyl (C=O) groups excluding carboxylic acids is 3. The second-order valence-electron chi connectivity index (χ2n) is 11.6. The Morgan fingerprint density at radius 1 is 1.09 bits per heavy atom. The van der Waals surface area contributed by atoms with Crippen molar-refractivity contribution >= 4 is 34.8 Å². The van der Waals surface area contributed by atoms with Crippen molar-refractivity contribution in [1.29, 1.82) is 0 Å². The third-order valence-corrected chi connectivity index (χ3v) is 8.92. The number of amides is 1. The maximum atomic E-state index is 13.7. The molecule has 0 aromatic heterocycles. The zero-order chi connectivity index (χ0) is 32.8. The molecule has 0 bridgehead atoms. The van der Waals surface area contributed by atoms with Crippen molar-refractivity contribution < 1.29 is 33.3 Å². The van der Waals surface area contributed by atoms with Crippen LogP contribution in [0, 0.1) is 5.92 Å². The molecule has 0 N–H and O–H groups in total. The van der Waals surface area contributed by atoms with Crippen LogP contribution in [0.3, 0.4) is 0 Å². The molecule has 2 atom stereocenters. The number of ether oxygens (including phenoxy) is 4. The smallest absolute Gasteiger partial charge is 0.338 e. The first-order valence-corrected chi connectivity index (χ1v) is 16.5. The number of carbonyl (C=O) groups is 3. The molecule has 0 unspecified atom stereocenters. The maximum Gasteiger partial charge on any atom is 0.338 e. The number of esters is 2. The second-order valence-corrected chi connectivity index (χ2v) is 12.5. The number of hydrogen-bond donors (Lipinski definition) is 0. The van der Waals surface area contributed by atoms with Crippen LogP contribution in [0.25, 0.3) is 0 Å². The van der Waals surface area contributed by atoms with E-state index >= 15 is 0 Å². The maximum absolute atomic E-state index is 13.7. The largest absolute Gasteiger partial charge is 0.493 e. The van der Waals surface area contributed by atoms with E-state index in [4.69, 9.17) is 23.9 Å². The third-order valence-electron chi connectivity index (χ3n) is 8.03. The lowest BCUT2D eigenvalue weighted by atomic mass is 9.93. The van der Waals surface area contributed by atoms with E-state index in [2.05, 4.69) is 0 Å². The van der Waals surface area contributed by atoms with Crippen LogP contribution in [-0.4, -0.2) is 65.7 Å². The zero-order valence-corrected chi connectivity index (χ0v) is 27.8. The Morgan fingerprint density at radius 2 is 1.87 bits per heavy atom. The van der Waals surface area contributed by atoms with Crippen LogP contribution in [0.1, 0.15) is 64.1 Å². The number of thioether (sulfide) groups is 1. The van der Waals surface area contributed by atoms with Gasteiger partial charge in [0.1, 0.15) is 6.61 Å². The lowest BCUT2D eigenvalue weighted by Crippen LogP contribution is -2.44. The molecule has 0 spiro atoms. The summed E-state index contributed by atoms with van der Waals surface area (Å²) in [6, 6.07) is 14.8. The number of fused-ring (bicyclic) bond motifs is 1. The van der Waals surface area contributed by atoms with Crippen molar-refractivity contribution in [3.05, 3.63) is 82.0 Å². The second kappa shape index (κ2) is 14.9. The van der Waals surface area contributed by atoms with Crippen molar-refractivity contribution in [2.24, 2.45) is 10.9 Å². The Balaban J connectivity index is 1.44. The van der Waals surface area contributed by atoms with Crippen molar-refractivity contribution in [2.75, 3.05) is 26.8 Å². The summed E-state index contributed by atoms with van der Waals surface area (Å²) in [7, 11) is 1.58. The van der Waals surface area contributed by atoms with E-state index in [0.29, 0.717) is 66.4 Å². The Morgan fingerprint density at radius 3 is 2.59 bits per heavy atom. The molecular weight excluding hydrogens is 606 g/mol. The minimum Gasteiger partial charge on any atom is -0.493 e. The summed E-state index contributed by atoms with van der Waals surface area (Å²) in [5, 5.41) is 2.58. The number of rotatable bonds is 11. The molecule has 1 amide bonds. The van der Waals surface area contributed by atoms with Gasteiger partial charge in [-0.1, -0.05) is 48.2 Å². The summed E-state index contributed by atoms with van der Waals surface area (Å²) in [5.74, 6) is -0.0868. The highest BCUT2D eigenvalue weighted by atomic mass is 32.2. The number of benzene rings is 2. The Hall–Kier alpha value is -4.25. The molecule has 10 nitrogen and oxygen atoms in total. The number of amidine groups is 1. The molecule has 3 aliphatic heterocycles. The van der Waals surface area contributed by atoms with Gasteiger partial charge in [0.2, 0.25) is 5.91 Å². The normalized spacial score (nSPS) is 19.3. The SMILES string of the molecule is CCOC(=O)[C@@H]1CCCN(C(=O)CC2=CSC3=NC(C)=C(C(=O)OC(C)C)[C@@H](c4ccc(OCc5ccccc5)c(OC)c4)N23)C1. The topological polar surface area (TPSA) is 107 Å². The van der Waals surface area contributed by atoms with Crippen molar-refractivity contribution in [3.63, 3.8) is 0 Å². The lowest BCUT2D eigenvalue weighted by Gasteiger charge is -2.37. The first kappa shape index (κ1) is 33.1. The van der Waals surface area contributed by atoms with Crippen LogP contribution < -0.4 is 9.47 Å². The molecule has 11 heteroatoms. The van der Waals surface area contributed by atoms with Gasteiger partial charge in [0, 0.05) is 18.8 Å². The first-order chi connectivity index (χ1) is 22.2. The van der Waals surface area contributed by atoms with Gasteiger partial charge in [-0.25, -0.2) is 9.79 Å². The van der Waals surface area contributed by atoms with Gasteiger partial charge in [-0.05, 0) is 69.2 Å². The minimum atomic E-state index is -0.626. The highest BCUT2D eigenvalue weighted by Crippen LogP contribution is 2.46. The average molecular weight is 648 g/mol. The monoisotopic (exact) mass is 647 g/mol. The van der Waals surface area contributed by atoms with Gasteiger partial charge < -0.3 is 28.7 Å². The Kier molecular flexibility index (Phi) is 10.7. The number of allylic oxidation sites excluding steroid dienone is 1. The third kappa shape index (κ3) is 7.41. The van der Waals surface area contributed by atoms with E-state index < -0.39 is 12.0 Å². The van der Waals surface area contributed by atoms with Gasteiger partial charge in [-0.15, -0.1) is 0 Å². The predicted octanol–water partition coefficient (Wildman–Crippen LogP) is 5.99. The Bertz CT molecular complexity index is 1550. The van der Waals surface area contributed by atoms with Crippen LogP contribution in [-0.2, 0) is 30.5 Å². The van der Waals surface area contributed by atoms with Gasteiger partial charge in [0.25, 0.3) is 0 Å². The molecular formula is C35H41N3O7S. The first-order valence-electron chi connectivity index (χ1n) is 15.6. The molecule has 1 fully saturated rings. The van der Waals surface area contributed by atoms with Gasteiger partial charge in [0.15, 0.2) is 16.7 Å². The van der Waals surface area contributed by atoms with E-state index in [0.717, 1.165) is 17.5 Å². The highest BCUT2D eigenvalue weighted by molar-refractivity contribution is 8.16. The van der Waals surface area contributed by atoms with Crippen molar-refractivity contribution in [2.45, 2.75) is 65.7 Å². The van der Waals surface area contributed by atoms with Crippen LogP contribution in [0.4, 0.5) is 0 Å². The van der Waals surface area contributed by atoms with Crippen LogP contribution in [0.15, 0.2) is 75.9 Å². The average Bonchev–Trinajstić information content (AvgIpc) is 3.44. The van der Waals surface area contributed by atoms with Crippen molar-refractivity contribution in [3.8, 4) is 11.5 Å². The summed E-state index contributed by atoms with van der Waals surface area (Å²) in [6.07, 6.45) is 1.18. The summed E-state index contributed by atoms with van der Waals surface area (Å²) in [5.41, 5.74) is 3.43. The summed E-state index contributed by atoms with van der Waals surface area (Å²) < 4.78 is 22.8. The van der Waals surface area contributed by atoms with Crippen LogP contribution in [0.5, 0.6) is 11.5 Å². The summed E-state index contributed by atoms with van der Waals surface area (Å²) >= 11 is 1.41. The summed E-state index contributed by atoms with van der Waals surface area (Å²) in [4.78, 5) is 48.2. The minimum absolute atomic E-state index is 0.0824. The fraction of sp³-hybridized carbons (Fsp3) is 0.429. The Labute approximate surface area is 274 Å². The number of hydrogen-bond acceptors (Lipinski definition) is 10. The quantitative estimate of drug-likeness (QED) is 0.272. The van der Waals surface area contributed by atoms with Crippen LogP contribution >= 0.6 is 11.8 Å². The molecule has 2 aromatic rings. The van der Waals surface area contributed by atoms with Gasteiger partial charge in [-0.2, -0.15) is 0 Å². The molecule has 3 aliphatic rings. The van der Waals surface area contributed by atoms with E-state index in [9.17, 15) is 14.4 Å².